The predicted molar refractivity (Wildman–Crippen MR) is 72.5 cm³/mol. The Morgan fingerprint density at radius 3 is 2.58 bits per heavy atom. The Morgan fingerprint density at radius 2 is 1.95 bits per heavy atom. The van der Waals surface area contributed by atoms with E-state index in [2.05, 4.69) is 5.32 Å². The van der Waals surface area contributed by atoms with Gasteiger partial charge >= 0.3 is 0 Å². The van der Waals surface area contributed by atoms with Crippen LogP contribution in [0, 0.1) is 17.8 Å². The van der Waals surface area contributed by atoms with Gasteiger partial charge in [-0.05, 0) is 43.2 Å². The lowest BCUT2D eigenvalue weighted by Crippen LogP contribution is -2.28. The fraction of sp³-hybridized carbons (Fsp3) is 0.467. The van der Waals surface area contributed by atoms with E-state index in [1.807, 2.05) is 0 Å². The summed E-state index contributed by atoms with van der Waals surface area (Å²) in [5.74, 6) is 0.905. The van der Waals surface area contributed by atoms with Crippen molar-refractivity contribution < 1.29 is 9.59 Å². The maximum atomic E-state index is 12.3. The summed E-state index contributed by atoms with van der Waals surface area (Å²) < 4.78 is 0. The standard InChI is InChI=1S/C15H18N2O2/c16-14(18)11-3-1-2-4-13(11)17-15(19)12-8-9-5-6-10(12)7-9/h1-4,9-10,12H,5-8H2,(H2,16,18)(H,17,19)/t9-,10-,12+/m0/s1. The van der Waals surface area contributed by atoms with Crippen molar-refractivity contribution in [2.24, 2.45) is 23.5 Å². The number of carbonyl (C=O) groups excluding carboxylic acids is 2. The Morgan fingerprint density at radius 1 is 1.16 bits per heavy atom. The van der Waals surface area contributed by atoms with Gasteiger partial charge in [-0.1, -0.05) is 18.6 Å². The Hall–Kier alpha value is -1.84. The summed E-state index contributed by atoms with van der Waals surface area (Å²) in [7, 11) is 0. The molecule has 2 aliphatic carbocycles. The molecule has 1 aromatic rings. The number of primary amides is 1. The number of nitrogens with two attached hydrogens (primary N) is 1. The van der Waals surface area contributed by atoms with Crippen LogP contribution in [0.15, 0.2) is 24.3 Å². The molecule has 1 aromatic carbocycles. The second-order valence-corrected chi connectivity index (χ2v) is 5.68. The number of benzene rings is 1. The zero-order chi connectivity index (χ0) is 13.4. The molecule has 0 aliphatic heterocycles. The van der Waals surface area contributed by atoms with E-state index in [1.165, 1.54) is 19.3 Å². The topological polar surface area (TPSA) is 72.2 Å². The van der Waals surface area contributed by atoms with Gasteiger partial charge in [-0.25, -0.2) is 0 Å². The predicted octanol–water partition coefficient (Wildman–Crippen LogP) is 2.16. The second kappa shape index (κ2) is 4.68. The van der Waals surface area contributed by atoms with E-state index < -0.39 is 5.91 Å². The monoisotopic (exact) mass is 258 g/mol. The average Bonchev–Trinajstić information content (AvgIpc) is 3.01. The summed E-state index contributed by atoms with van der Waals surface area (Å²) in [4.78, 5) is 23.6. The molecule has 3 rings (SSSR count). The number of fused-ring (bicyclic) bond motifs is 2. The lowest BCUT2D eigenvalue weighted by Gasteiger charge is -2.21. The van der Waals surface area contributed by atoms with Gasteiger partial charge < -0.3 is 11.1 Å². The van der Waals surface area contributed by atoms with Crippen molar-refractivity contribution in [3.8, 4) is 0 Å². The van der Waals surface area contributed by atoms with Gasteiger partial charge in [0.15, 0.2) is 0 Å². The van der Waals surface area contributed by atoms with Crippen LogP contribution in [0.2, 0.25) is 0 Å². The van der Waals surface area contributed by atoms with Crippen molar-refractivity contribution in [1.82, 2.24) is 0 Å². The number of carbonyl (C=O) groups is 2. The van der Waals surface area contributed by atoms with E-state index in [0.717, 1.165) is 12.3 Å². The zero-order valence-corrected chi connectivity index (χ0v) is 10.8. The molecule has 0 spiro atoms. The largest absolute Gasteiger partial charge is 0.366 e. The zero-order valence-electron chi connectivity index (χ0n) is 10.8. The molecule has 2 amide bonds. The summed E-state index contributed by atoms with van der Waals surface area (Å²) in [5.41, 5.74) is 6.22. The van der Waals surface area contributed by atoms with Crippen molar-refractivity contribution in [1.29, 1.82) is 0 Å². The molecule has 4 nitrogen and oxygen atoms in total. The smallest absolute Gasteiger partial charge is 0.250 e. The summed E-state index contributed by atoms with van der Waals surface area (Å²) in [6.07, 6.45) is 4.62. The van der Waals surface area contributed by atoms with Gasteiger partial charge in [0.05, 0.1) is 11.3 Å². The average molecular weight is 258 g/mol. The van der Waals surface area contributed by atoms with E-state index in [4.69, 9.17) is 5.73 Å². The number of anilines is 1. The van der Waals surface area contributed by atoms with Crippen LogP contribution in [0.4, 0.5) is 5.69 Å². The third-order valence-electron chi connectivity index (χ3n) is 4.53. The molecule has 2 fully saturated rings. The van der Waals surface area contributed by atoms with Gasteiger partial charge in [-0.15, -0.1) is 0 Å². The van der Waals surface area contributed by atoms with E-state index in [1.54, 1.807) is 24.3 Å². The van der Waals surface area contributed by atoms with Crippen molar-refractivity contribution in [3.63, 3.8) is 0 Å². The minimum absolute atomic E-state index is 0.0425. The molecule has 0 saturated heterocycles. The number of para-hydroxylation sites is 1. The summed E-state index contributed by atoms with van der Waals surface area (Å²) in [5, 5.41) is 2.88. The van der Waals surface area contributed by atoms with Crippen LogP contribution in [-0.4, -0.2) is 11.8 Å². The number of nitrogens with one attached hydrogen (secondary N) is 1. The molecule has 0 unspecified atom stereocenters. The molecule has 0 heterocycles. The Bertz CT molecular complexity index is 527. The fourth-order valence-electron chi connectivity index (χ4n) is 3.60. The molecule has 3 N–H and O–H groups in total. The number of amides is 2. The van der Waals surface area contributed by atoms with Gasteiger partial charge in [0.25, 0.3) is 5.91 Å². The molecule has 2 aliphatic rings. The summed E-state index contributed by atoms with van der Waals surface area (Å²) in [6, 6.07) is 6.90. The van der Waals surface area contributed by atoms with Crippen molar-refractivity contribution in [2.75, 3.05) is 5.32 Å². The summed E-state index contributed by atoms with van der Waals surface area (Å²) in [6.45, 7) is 0. The first-order valence-corrected chi connectivity index (χ1v) is 6.85. The highest BCUT2D eigenvalue weighted by molar-refractivity contribution is 6.03. The van der Waals surface area contributed by atoms with Crippen LogP contribution >= 0.6 is 0 Å². The van der Waals surface area contributed by atoms with Crippen LogP contribution in [0.25, 0.3) is 0 Å². The van der Waals surface area contributed by atoms with Crippen LogP contribution in [0.1, 0.15) is 36.0 Å². The van der Waals surface area contributed by atoms with Crippen molar-refractivity contribution >= 4 is 17.5 Å². The van der Waals surface area contributed by atoms with Gasteiger partial charge in [0, 0.05) is 5.92 Å². The molecule has 0 radical (unpaired) electrons. The first kappa shape index (κ1) is 12.2. The lowest BCUT2D eigenvalue weighted by molar-refractivity contribution is -0.121. The molecule has 4 heteroatoms. The first-order valence-electron chi connectivity index (χ1n) is 6.85. The molecule has 100 valence electrons. The minimum atomic E-state index is -0.510. The summed E-state index contributed by atoms with van der Waals surface area (Å²) >= 11 is 0. The van der Waals surface area contributed by atoms with Crippen LogP contribution in [0.3, 0.4) is 0 Å². The SMILES string of the molecule is NC(=O)c1ccccc1NC(=O)[C@@H]1C[C@H]2CC[C@H]1C2. The Labute approximate surface area is 112 Å². The maximum Gasteiger partial charge on any atom is 0.250 e. The van der Waals surface area contributed by atoms with Crippen molar-refractivity contribution in [2.45, 2.75) is 25.7 Å². The maximum absolute atomic E-state index is 12.3. The molecule has 19 heavy (non-hydrogen) atoms. The molecule has 2 bridgehead atoms. The Balaban J connectivity index is 1.75. The van der Waals surface area contributed by atoms with Gasteiger partial charge in [0.1, 0.15) is 0 Å². The highest BCUT2D eigenvalue weighted by atomic mass is 16.2. The van der Waals surface area contributed by atoms with Crippen LogP contribution in [-0.2, 0) is 4.79 Å². The molecule has 2 saturated carbocycles. The third-order valence-corrected chi connectivity index (χ3v) is 4.53. The highest BCUT2D eigenvalue weighted by Crippen LogP contribution is 2.48. The van der Waals surface area contributed by atoms with Crippen LogP contribution < -0.4 is 11.1 Å². The third kappa shape index (κ3) is 2.23. The van der Waals surface area contributed by atoms with Crippen LogP contribution in [0.5, 0.6) is 0 Å². The lowest BCUT2D eigenvalue weighted by atomic mass is 9.88. The Kier molecular flexibility index (Phi) is 3.01. The minimum Gasteiger partial charge on any atom is -0.366 e. The number of hydrogen-bond donors (Lipinski definition) is 2. The fourth-order valence-corrected chi connectivity index (χ4v) is 3.60. The van der Waals surface area contributed by atoms with E-state index in [0.29, 0.717) is 17.2 Å². The van der Waals surface area contributed by atoms with Gasteiger partial charge in [-0.2, -0.15) is 0 Å². The number of rotatable bonds is 3. The van der Waals surface area contributed by atoms with Gasteiger partial charge in [0.2, 0.25) is 5.91 Å². The second-order valence-electron chi connectivity index (χ2n) is 5.68. The van der Waals surface area contributed by atoms with E-state index in [9.17, 15) is 9.59 Å². The molecule has 3 atom stereocenters. The quantitative estimate of drug-likeness (QED) is 0.872. The highest BCUT2D eigenvalue weighted by Gasteiger charge is 2.43. The van der Waals surface area contributed by atoms with E-state index in [-0.39, 0.29) is 11.8 Å². The van der Waals surface area contributed by atoms with Crippen molar-refractivity contribution in [3.05, 3.63) is 29.8 Å². The molecular weight excluding hydrogens is 240 g/mol. The molecular formula is C15H18N2O2. The number of hydrogen-bond acceptors (Lipinski definition) is 2. The molecule has 0 aromatic heterocycles. The van der Waals surface area contributed by atoms with E-state index >= 15 is 0 Å². The normalized spacial score (nSPS) is 28.3. The van der Waals surface area contributed by atoms with Gasteiger partial charge in [-0.3, -0.25) is 9.59 Å². The first-order chi connectivity index (χ1) is 9.15.